The Hall–Kier alpha value is -4.06. The quantitative estimate of drug-likeness (QED) is 0.400. The number of alkyl carbamates (subject to hydrolysis) is 1. The molecule has 45 heavy (non-hydrogen) atoms. The van der Waals surface area contributed by atoms with Gasteiger partial charge in [-0.3, -0.25) is 9.59 Å². The highest BCUT2D eigenvalue weighted by molar-refractivity contribution is 6.04. The Morgan fingerprint density at radius 2 is 1.64 bits per heavy atom. The third kappa shape index (κ3) is 7.61. The Labute approximate surface area is 265 Å². The highest BCUT2D eigenvalue weighted by atomic mass is 16.6. The minimum absolute atomic E-state index is 0.0174. The number of amides is 3. The summed E-state index contributed by atoms with van der Waals surface area (Å²) in [4.78, 5) is 47.1. The van der Waals surface area contributed by atoms with E-state index in [9.17, 15) is 14.4 Å². The van der Waals surface area contributed by atoms with Crippen LogP contribution in [0.1, 0.15) is 76.6 Å². The molecule has 2 aliphatic heterocycles. The second kappa shape index (κ2) is 13.5. The van der Waals surface area contributed by atoms with Crippen molar-refractivity contribution in [3.05, 3.63) is 35.9 Å². The van der Waals surface area contributed by atoms with Crippen molar-refractivity contribution in [1.82, 2.24) is 15.6 Å². The average Bonchev–Trinajstić information content (AvgIpc) is 3.00. The number of likely N-dealkylation sites (N-methyl/N-ethyl adjacent to an activating group) is 1. The number of methoxy groups -OCH3 is 1. The fourth-order valence-electron chi connectivity index (χ4n) is 6.32. The molecule has 1 aromatic carbocycles. The van der Waals surface area contributed by atoms with Crippen LogP contribution in [0.4, 0.5) is 27.8 Å². The monoisotopic (exact) mass is 622 g/mol. The molecule has 1 atom stereocenters. The lowest BCUT2D eigenvalue weighted by atomic mass is 9.91. The van der Waals surface area contributed by atoms with Gasteiger partial charge in [0.15, 0.2) is 5.82 Å². The van der Waals surface area contributed by atoms with E-state index in [0.717, 1.165) is 50.0 Å². The first-order valence-electron chi connectivity index (χ1n) is 15.8. The molecule has 1 aromatic heterocycles. The van der Waals surface area contributed by atoms with Crippen molar-refractivity contribution in [1.29, 1.82) is 0 Å². The van der Waals surface area contributed by atoms with E-state index in [1.807, 2.05) is 45.9 Å². The molecule has 1 aliphatic carbocycles. The molecular formula is C33H46N6O6. The smallest absolute Gasteiger partial charge is 0.407 e. The van der Waals surface area contributed by atoms with E-state index in [1.54, 1.807) is 31.2 Å². The van der Waals surface area contributed by atoms with Gasteiger partial charge < -0.3 is 40.0 Å². The average molecular weight is 623 g/mol. The van der Waals surface area contributed by atoms with E-state index in [4.69, 9.17) is 19.2 Å². The van der Waals surface area contributed by atoms with Gasteiger partial charge in [0.25, 0.3) is 5.91 Å². The summed E-state index contributed by atoms with van der Waals surface area (Å²) in [6.07, 6.45) is 4.31. The standard InChI is InChI=1S/C33H46N6O6/c1-20-31(41)38(5)26-13-14-28(37-29(26)39(20)24-15-17-44-18-16-24)36-25-12-7-21(19-27(25)43-6)30(40)34-22-8-10-23(11-9-22)35-32(42)45-33(2,3)4/h7,12-14,19-20,22-24H,8-11,15-18H2,1-6H3,(H,34,40)(H,35,42)(H,36,37)/t20-,22?,23?/m1/s1. The van der Waals surface area contributed by atoms with Gasteiger partial charge in [0.1, 0.15) is 23.2 Å². The number of anilines is 4. The largest absolute Gasteiger partial charge is 0.495 e. The van der Waals surface area contributed by atoms with E-state index in [0.29, 0.717) is 36.0 Å². The van der Waals surface area contributed by atoms with Crippen LogP contribution >= 0.6 is 0 Å². The second-order valence-corrected chi connectivity index (χ2v) is 13.1. The maximum absolute atomic E-state index is 13.2. The van der Waals surface area contributed by atoms with Crippen LogP contribution in [0.3, 0.4) is 0 Å². The van der Waals surface area contributed by atoms with E-state index in [2.05, 4.69) is 20.9 Å². The number of nitrogens with zero attached hydrogens (tertiary/aromatic N) is 3. The molecule has 1 saturated carbocycles. The van der Waals surface area contributed by atoms with Gasteiger partial charge >= 0.3 is 6.09 Å². The number of aromatic nitrogens is 1. The van der Waals surface area contributed by atoms with Gasteiger partial charge in [0.05, 0.1) is 18.5 Å². The zero-order valence-electron chi connectivity index (χ0n) is 27.1. The summed E-state index contributed by atoms with van der Waals surface area (Å²) in [6.45, 7) is 8.77. The van der Waals surface area contributed by atoms with Crippen molar-refractivity contribution < 1.29 is 28.6 Å². The molecule has 0 unspecified atom stereocenters. The van der Waals surface area contributed by atoms with Crippen LogP contribution in [-0.4, -0.2) is 80.0 Å². The molecule has 2 aromatic rings. The molecule has 0 spiro atoms. The molecule has 0 radical (unpaired) electrons. The van der Waals surface area contributed by atoms with Gasteiger partial charge in [-0.05, 0) is 96.6 Å². The summed E-state index contributed by atoms with van der Waals surface area (Å²) in [5.41, 5.74) is 1.39. The minimum Gasteiger partial charge on any atom is -0.495 e. The van der Waals surface area contributed by atoms with E-state index in [1.165, 1.54) is 0 Å². The lowest BCUT2D eigenvalue weighted by Gasteiger charge is -2.44. The zero-order valence-corrected chi connectivity index (χ0v) is 27.1. The molecule has 3 N–H and O–H groups in total. The van der Waals surface area contributed by atoms with Crippen molar-refractivity contribution in [2.75, 3.05) is 42.5 Å². The minimum atomic E-state index is -0.540. The predicted molar refractivity (Wildman–Crippen MR) is 173 cm³/mol. The van der Waals surface area contributed by atoms with E-state index < -0.39 is 11.7 Å². The fraction of sp³-hybridized carbons (Fsp3) is 0.576. The van der Waals surface area contributed by atoms with Crippen LogP contribution in [0, 0.1) is 0 Å². The molecule has 12 nitrogen and oxygen atoms in total. The molecule has 1 saturated heterocycles. The number of nitrogens with one attached hydrogen (secondary N) is 3. The van der Waals surface area contributed by atoms with Crippen LogP contribution in [0.2, 0.25) is 0 Å². The zero-order chi connectivity index (χ0) is 32.3. The van der Waals surface area contributed by atoms with E-state index >= 15 is 0 Å². The fourth-order valence-corrected chi connectivity index (χ4v) is 6.32. The van der Waals surface area contributed by atoms with Crippen molar-refractivity contribution in [2.24, 2.45) is 0 Å². The molecular weight excluding hydrogens is 576 g/mol. The van der Waals surface area contributed by atoms with Crippen molar-refractivity contribution in [3.8, 4) is 5.75 Å². The number of pyridine rings is 1. The summed E-state index contributed by atoms with van der Waals surface area (Å²) < 4.78 is 16.6. The van der Waals surface area contributed by atoms with Crippen LogP contribution in [0.5, 0.6) is 5.75 Å². The number of ether oxygens (including phenoxy) is 3. The Morgan fingerprint density at radius 1 is 0.978 bits per heavy atom. The normalized spacial score (nSPS) is 22.4. The van der Waals surface area contributed by atoms with Crippen LogP contribution in [0.25, 0.3) is 0 Å². The number of carbonyl (C=O) groups excluding carboxylic acids is 3. The number of fused-ring (bicyclic) bond motifs is 1. The Bertz CT molecular complexity index is 1400. The molecule has 2 fully saturated rings. The Morgan fingerprint density at radius 3 is 2.29 bits per heavy atom. The van der Waals surface area contributed by atoms with Gasteiger partial charge in [-0.1, -0.05) is 0 Å². The number of hydrogen-bond acceptors (Lipinski definition) is 9. The predicted octanol–water partition coefficient (Wildman–Crippen LogP) is 4.75. The van der Waals surface area contributed by atoms with Crippen LogP contribution in [0.15, 0.2) is 30.3 Å². The van der Waals surface area contributed by atoms with Crippen molar-refractivity contribution in [3.63, 3.8) is 0 Å². The number of rotatable bonds is 7. The molecule has 5 rings (SSSR count). The molecule has 244 valence electrons. The van der Waals surface area contributed by atoms with Gasteiger partial charge in [-0.2, -0.15) is 0 Å². The van der Waals surface area contributed by atoms with Crippen molar-refractivity contribution >= 4 is 40.9 Å². The maximum atomic E-state index is 13.2. The molecule has 3 aliphatic rings. The second-order valence-electron chi connectivity index (χ2n) is 13.1. The first-order chi connectivity index (χ1) is 21.4. The molecule has 0 bridgehead atoms. The summed E-state index contributed by atoms with van der Waals surface area (Å²) in [7, 11) is 3.35. The third-order valence-corrected chi connectivity index (χ3v) is 8.66. The van der Waals surface area contributed by atoms with E-state index in [-0.39, 0.29) is 36.0 Å². The summed E-state index contributed by atoms with van der Waals surface area (Å²) in [5, 5.41) is 9.42. The number of carbonyl (C=O) groups is 3. The highest BCUT2D eigenvalue weighted by Crippen LogP contribution is 2.39. The van der Waals surface area contributed by atoms with Crippen molar-refractivity contribution in [2.45, 2.75) is 96.0 Å². The Kier molecular flexibility index (Phi) is 9.71. The molecule has 3 amide bonds. The lowest BCUT2D eigenvalue weighted by Crippen LogP contribution is -2.56. The first kappa shape index (κ1) is 32.3. The van der Waals surface area contributed by atoms with Gasteiger partial charge in [0, 0.05) is 44.0 Å². The summed E-state index contributed by atoms with van der Waals surface area (Å²) >= 11 is 0. The first-order valence-corrected chi connectivity index (χ1v) is 15.8. The van der Waals surface area contributed by atoms with Crippen LogP contribution < -0.4 is 30.5 Å². The molecule has 12 heteroatoms. The van der Waals surface area contributed by atoms with Crippen LogP contribution in [-0.2, 0) is 14.3 Å². The highest BCUT2D eigenvalue weighted by Gasteiger charge is 2.39. The van der Waals surface area contributed by atoms with Gasteiger partial charge in [-0.15, -0.1) is 0 Å². The third-order valence-electron chi connectivity index (χ3n) is 8.66. The summed E-state index contributed by atoms with van der Waals surface area (Å²) in [6, 6.07) is 8.92. The summed E-state index contributed by atoms with van der Waals surface area (Å²) in [5.74, 6) is 1.73. The maximum Gasteiger partial charge on any atom is 0.407 e. The SMILES string of the molecule is COc1cc(C(=O)NC2CCC(NC(=O)OC(C)(C)C)CC2)ccc1Nc1ccc2c(n1)N(C1CCOCC1)[C@H](C)C(=O)N2C. The number of benzene rings is 1. The topological polar surface area (TPSA) is 134 Å². The van der Waals surface area contributed by atoms with Gasteiger partial charge in [-0.25, -0.2) is 9.78 Å². The van der Waals surface area contributed by atoms with Gasteiger partial charge in [0.2, 0.25) is 5.91 Å². The number of hydrogen-bond donors (Lipinski definition) is 3. The molecule has 3 heterocycles. The Balaban J connectivity index is 1.24. The lowest BCUT2D eigenvalue weighted by molar-refractivity contribution is -0.119.